The first-order chi connectivity index (χ1) is 11.5. The zero-order valence-corrected chi connectivity index (χ0v) is 14.4. The van der Waals surface area contributed by atoms with E-state index < -0.39 is 5.91 Å². The van der Waals surface area contributed by atoms with Crippen LogP contribution in [0.4, 0.5) is 5.69 Å². The maximum atomic E-state index is 12.0. The lowest BCUT2D eigenvalue weighted by molar-refractivity contribution is -0.115. The van der Waals surface area contributed by atoms with E-state index in [9.17, 15) is 9.59 Å². The minimum atomic E-state index is -0.415. The van der Waals surface area contributed by atoms with E-state index in [1.165, 1.54) is 18.2 Å². The van der Waals surface area contributed by atoms with E-state index in [-0.39, 0.29) is 17.5 Å². The topological polar surface area (TPSA) is 67.4 Å². The summed E-state index contributed by atoms with van der Waals surface area (Å²) in [6.45, 7) is 2.16. The van der Waals surface area contributed by atoms with Gasteiger partial charge in [-0.1, -0.05) is 35.3 Å². The quantitative estimate of drug-likeness (QED) is 0.817. The van der Waals surface area contributed by atoms with Crippen LogP contribution in [0.25, 0.3) is 0 Å². The molecule has 0 aromatic heterocycles. The number of benzene rings is 2. The van der Waals surface area contributed by atoms with Crippen LogP contribution in [0.3, 0.4) is 0 Å². The summed E-state index contributed by atoms with van der Waals surface area (Å²) in [5, 5.41) is 5.86. The molecule has 2 aromatic rings. The van der Waals surface area contributed by atoms with Crippen LogP contribution in [0.15, 0.2) is 42.5 Å². The number of carbonyl (C=O) groups is 2. The maximum absolute atomic E-state index is 12.0. The minimum Gasteiger partial charge on any atom is -0.492 e. The van der Waals surface area contributed by atoms with Crippen LogP contribution in [0.5, 0.6) is 5.75 Å². The van der Waals surface area contributed by atoms with Gasteiger partial charge in [0.1, 0.15) is 5.75 Å². The van der Waals surface area contributed by atoms with Crippen LogP contribution in [0, 0.1) is 0 Å². The number of anilines is 1. The van der Waals surface area contributed by atoms with Crippen LogP contribution in [0.1, 0.15) is 17.3 Å². The van der Waals surface area contributed by atoms with Crippen molar-refractivity contribution < 1.29 is 14.3 Å². The molecule has 2 amide bonds. The van der Waals surface area contributed by atoms with Crippen LogP contribution >= 0.6 is 23.2 Å². The molecule has 2 N–H and O–H groups in total. The number of hydrogen-bond acceptors (Lipinski definition) is 3. The zero-order valence-electron chi connectivity index (χ0n) is 12.9. The van der Waals surface area contributed by atoms with Gasteiger partial charge in [0, 0.05) is 5.56 Å². The molecule has 0 heterocycles. The highest BCUT2D eigenvalue weighted by atomic mass is 35.5. The lowest BCUT2D eigenvalue weighted by Crippen LogP contribution is -2.32. The van der Waals surface area contributed by atoms with Gasteiger partial charge in [-0.15, -0.1) is 0 Å². The van der Waals surface area contributed by atoms with Gasteiger partial charge in [-0.25, -0.2) is 0 Å². The third kappa shape index (κ3) is 4.88. The van der Waals surface area contributed by atoms with Gasteiger partial charge < -0.3 is 15.4 Å². The predicted molar refractivity (Wildman–Crippen MR) is 95.0 cm³/mol. The summed E-state index contributed by atoms with van der Waals surface area (Å²) in [5.74, 6) is -0.207. The summed E-state index contributed by atoms with van der Waals surface area (Å²) < 4.78 is 5.43. The van der Waals surface area contributed by atoms with Crippen molar-refractivity contribution in [3.05, 3.63) is 58.1 Å². The number of para-hydroxylation sites is 2. The highest BCUT2D eigenvalue weighted by Crippen LogP contribution is 2.24. The van der Waals surface area contributed by atoms with Crippen molar-refractivity contribution in [2.24, 2.45) is 0 Å². The van der Waals surface area contributed by atoms with Gasteiger partial charge in [0.2, 0.25) is 5.91 Å². The molecular formula is C17H16Cl2N2O3. The van der Waals surface area contributed by atoms with Gasteiger partial charge in [0.25, 0.3) is 5.91 Å². The van der Waals surface area contributed by atoms with Gasteiger partial charge in [-0.3, -0.25) is 9.59 Å². The highest BCUT2D eigenvalue weighted by molar-refractivity contribution is 6.42. The number of ether oxygens (including phenoxy) is 1. The summed E-state index contributed by atoms with van der Waals surface area (Å²) in [7, 11) is 0. The molecular weight excluding hydrogens is 351 g/mol. The van der Waals surface area contributed by atoms with Crippen LogP contribution in [-0.2, 0) is 4.79 Å². The average molecular weight is 367 g/mol. The number of halogens is 2. The fraction of sp³-hybridized carbons (Fsp3) is 0.176. The zero-order chi connectivity index (χ0) is 17.5. The minimum absolute atomic E-state index is 0.181. The van der Waals surface area contributed by atoms with E-state index in [0.29, 0.717) is 28.6 Å². The van der Waals surface area contributed by atoms with E-state index in [4.69, 9.17) is 27.9 Å². The van der Waals surface area contributed by atoms with Crippen molar-refractivity contribution in [1.29, 1.82) is 0 Å². The van der Waals surface area contributed by atoms with E-state index in [2.05, 4.69) is 10.6 Å². The second kappa shape index (κ2) is 8.57. The number of hydrogen-bond donors (Lipinski definition) is 2. The summed E-state index contributed by atoms with van der Waals surface area (Å²) >= 11 is 11.7. The summed E-state index contributed by atoms with van der Waals surface area (Å²) in [4.78, 5) is 24.0. The largest absolute Gasteiger partial charge is 0.492 e. The third-order valence-electron chi connectivity index (χ3n) is 3.05. The Hall–Kier alpha value is -2.24. The standard InChI is InChI=1S/C17H16Cl2N2O3/c1-2-24-15-6-4-3-5-14(15)21-16(22)10-20-17(23)11-7-8-12(18)13(19)9-11/h3-9H,2,10H2,1H3,(H,20,23)(H,21,22). The molecule has 0 radical (unpaired) electrons. The number of nitrogens with one attached hydrogen (secondary N) is 2. The van der Waals surface area contributed by atoms with E-state index in [0.717, 1.165) is 0 Å². The number of rotatable bonds is 6. The molecule has 2 rings (SSSR count). The first kappa shape index (κ1) is 18.1. The van der Waals surface area contributed by atoms with Crippen molar-refractivity contribution in [2.45, 2.75) is 6.92 Å². The predicted octanol–water partition coefficient (Wildman–Crippen LogP) is 3.76. The summed E-state index contributed by atoms with van der Waals surface area (Å²) in [6, 6.07) is 11.6. The Morgan fingerprint density at radius 1 is 1.08 bits per heavy atom. The van der Waals surface area contributed by atoms with Crippen LogP contribution in [-0.4, -0.2) is 25.0 Å². The molecule has 0 bridgehead atoms. The van der Waals surface area contributed by atoms with Crippen molar-refractivity contribution in [1.82, 2.24) is 5.32 Å². The Balaban J connectivity index is 1.93. The summed E-state index contributed by atoms with van der Waals surface area (Å²) in [5.41, 5.74) is 0.875. The number of amides is 2. The van der Waals surface area contributed by atoms with Gasteiger partial charge in [-0.2, -0.15) is 0 Å². The van der Waals surface area contributed by atoms with Crippen LogP contribution in [0.2, 0.25) is 10.0 Å². The first-order valence-corrected chi connectivity index (χ1v) is 8.01. The Morgan fingerprint density at radius 2 is 1.83 bits per heavy atom. The Bertz CT molecular complexity index is 750. The van der Waals surface area contributed by atoms with Gasteiger partial charge in [0.05, 0.1) is 28.9 Å². The van der Waals surface area contributed by atoms with Crippen molar-refractivity contribution in [2.75, 3.05) is 18.5 Å². The van der Waals surface area contributed by atoms with Crippen LogP contribution < -0.4 is 15.4 Å². The first-order valence-electron chi connectivity index (χ1n) is 7.26. The molecule has 0 spiro atoms. The molecule has 0 atom stereocenters. The van der Waals surface area contributed by atoms with Gasteiger partial charge >= 0.3 is 0 Å². The van der Waals surface area contributed by atoms with Crippen molar-refractivity contribution in [3.8, 4) is 5.75 Å². The van der Waals surface area contributed by atoms with Crippen molar-refractivity contribution in [3.63, 3.8) is 0 Å². The molecule has 2 aromatic carbocycles. The normalized spacial score (nSPS) is 10.1. The molecule has 0 aliphatic rings. The molecule has 126 valence electrons. The Morgan fingerprint density at radius 3 is 2.54 bits per heavy atom. The Kier molecular flexibility index (Phi) is 6.46. The molecule has 0 aliphatic heterocycles. The molecule has 24 heavy (non-hydrogen) atoms. The monoisotopic (exact) mass is 366 g/mol. The third-order valence-corrected chi connectivity index (χ3v) is 3.79. The smallest absolute Gasteiger partial charge is 0.251 e. The molecule has 5 nitrogen and oxygen atoms in total. The second-order valence-corrected chi connectivity index (χ2v) is 5.60. The lowest BCUT2D eigenvalue weighted by atomic mass is 10.2. The van der Waals surface area contributed by atoms with Crippen molar-refractivity contribution >= 4 is 40.7 Å². The lowest BCUT2D eigenvalue weighted by Gasteiger charge is -2.11. The fourth-order valence-corrected chi connectivity index (χ4v) is 2.24. The second-order valence-electron chi connectivity index (χ2n) is 4.79. The summed E-state index contributed by atoms with van der Waals surface area (Å²) in [6.07, 6.45) is 0. The Labute approximate surface area is 149 Å². The maximum Gasteiger partial charge on any atom is 0.251 e. The SMILES string of the molecule is CCOc1ccccc1NC(=O)CNC(=O)c1ccc(Cl)c(Cl)c1. The highest BCUT2D eigenvalue weighted by Gasteiger charge is 2.11. The van der Waals surface area contributed by atoms with E-state index in [1.54, 1.807) is 18.2 Å². The van der Waals surface area contributed by atoms with E-state index in [1.807, 2.05) is 13.0 Å². The van der Waals surface area contributed by atoms with E-state index >= 15 is 0 Å². The molecule has 0 saturated heterocycles. The van der Waals surface area contributed by atoms with Gasteiger partial charge in [-0.05, 0) is 37.3 Å². The fourth-order valence-electron chi connectivity index (χ4n) is 1.95. The molecule has 7 heteroatoms. The van der Waals surface area contributed by atoms with Gasteiger partial charge in [0.15, 0.2) is 0 Å². The average Bonchev–Trinajstić information content (AvgIpc) is 2.57. The molecule has 0 unspecified atom stereocenters. The number of carbonyl (C=O) groups excluding carboxylic acids is 2. The molecule has 0 fully saturated rings. The molecule has 0 saturated carbocycles. The molecule has 0 aliphatic carbocycles.